The topological polar surface area (TPSA) is 49.4 Å². The van der Waals surface area contributed by atoms with Crippen LogP contribution in [0.2, 0.25) is 0 Å². The highest BCUT2D eigenvalue weighted by atomic mass is 79.9. The molecule has 1 saturated carbocycles. The van der Waals surface area contributed by atoms with Gasteiger partial charge in [-0.2, -0.15) is 0 Å². The van der Waals surface area contributed by atoms with E-state index in [0.29, 0.717) is 12.6 Å². The molecular weight excluding hydrogens is 427 g/mol. The number of rotatable bonds is 6. The molecule has 1 unspecified atom stereocenters. The van der Waals surface area contributed by atoms with Crippen LogP contribution in [0.4, 0.5) is 4.39 Å². The van der Waals surface area contributed by atoms with Gasteiger partial charge in [-0.3, -0.25) is 4.90 Å². The minimum absolute atomic E-state index is 0.0187. The summed E-state index contributed by atoms with van der Waals surface area (Å²) in [6.07, 6.45) is 2.34. The van der Waals surface area contributed by atoms with E-state index in [0.717, 1.165) is 12.1 Å². The van der Waals surface area contributed by atoms with Crippen molar-refractivity contribution < 1.29 is 12.8 Å². The molecule has 1 aromatic carbocycles. The summed E-state index contributed by atoms with van der Waals surface area (Å²) in [5.74, 6) is -0.505. The van der Waals surface area contributed by atoms with Crippen molar-refractivity contribution in [2.24, 2.45) is 0 Å². The molecule has 0 spiro atoms. The largest absolute Gasteiger partial charge is 0.299 e. The fraction of sp³-hybridized carbons (Fsp3) is 0.538. The molecular formula is C13H17Br2FN2O2S. The van der Waals surface area contributed by atoms with Gasteiger partial charge < -0.3 is 0 Å². The maximum Gasteiger partial charge on any atom is 0.242 e. The Hall–Kier alpha value is -0.0200. The maximum absolute atomic E-state index is 13.2. The maximum atomic E-state index is 13.2. The van der Waals surface area contributed by atoms with E-state index in [1.807, 2.05) is 14.0 Å². The number of nitrogens with zero attached hydrogens (tertiary/aromatic N) is 1. The van der Waals surface area contributed by atoms with Crippen molar-refractivity contribution in [1.29, 1.82) is 0 Å². The van der Waals surface area contributed by atoms with Gasteiger partial charge in [0, 0.05) is 27.6 Å². The van der Waals surface area contributed by atoms with Crippen LogP contribution in [0.15, 0.2) is 26.0 Å². The number of likely N-dealkylation sites (N-methyl/N-ethyl adjacent to an activating group) is 1. The van der Waals surface area contributed by atoms with Gasteiger partial charge in [-0.15, -0.1) is 0 Å². The Balaban J connectivity index is 2.11. The van der Waals surface area contributed by atoms with Gasteiger partial charge >= 0.3 is 0 Å². The van der Waals surface area contributed by atoms with Crippen molar-refractivity contribution in [3.05, 3.63) is 26.9 Å². The number of sulfonamides is 1. The molecule has 0 heterocycles. The summed E-state index contributed by atoms with van der Waals surface area (Å²) in [5, 5.41) is 0. The normalized spacial score (nSPS) is 17.2. The van der Waals surface area contributed by atoms with E-state index >= 15 is 0 Å². The number of benzene rings is 1. The Morgan fingerprint density at radius 1 is 1.38 bits per heavy atom. The second-order valence-electron chi connectivity index (χ2n) is 5.30. The lowest BCUT2D eigenvalue weighted by atomic mass is 10.3. The van der Waals surface area contributed by atoms with E-state index in [4.69, 9.17) is 0 Å². The Bertz CT molecular complexity index is 612. The van der Waals surface area contributed by atoms with Gasteiger partial charge in [-0.05, 0) is 70.8 Å². The molecule has 1 aliphatic rings. The lowest BCUT2D eigenvalue weighted by Gasteiger charge is -2.24. The van der Waals surface area contributed by atoms with Crippen molar-refractivity contribution in [3.63, 3.8) is 0 Å². The average molecular weight is 444 g/mol. The smallest absolute Gasteiger partial charge is 0.242 e. The van der Waals surface area contributed by atoms with Gasteiger partial charge in [0.05, 0.1) is 0 Å². The zero-order valence-electron chi connectivity index (χ0n) is 11.7. The lowest BCUT2D eigenvalue weighted by molar-refractivity contribution is 0.248. The first-order valence-corrected chi connectivity index (χ1v) is 9.65. The molecule has 1 N–H and O–H groups in total. The van der Waals surface area contributed by atoms with Crippen LogP contribution < -0.4 is 4.72 Å². The second-order valence-corrected chi connectivity index (χ2v) is 8.71. The molecule has 1 aliphatic carbocycles. The minimum atomic E-state index is -3.71. The van der Waals surface area contributed by atoms with Crippen molar-refractivity contribution in [2.75, 3.05) is 13.6 Å². The molecule has 0 amide bonds. The molecule has 8 heteroatoms. The van der Waals surface area contributed by atoms with E-state index in [-0.39, 0.29) is 19.9 Å². The first kappa shape index (κ1) is 17.3. The van der Waals surface area contributed by atoms with Crippen molar-refractivity contribution >= 4 is 41.9 Å². The van der Waals surface area contributed by atoms with Crippen molar-refractivity contribution in [1.82, 2.24) is 9.62 Å². The number of hydrogen-bond donors (Lipinski definition) is 1. The summed E-state index contributed by atoms with van der Waals surface area (Å²) in [6, 6.07) is 2.94. The number of hydrogen-bond acceptors (Lipinski definition) is 3. The molecule has 1 fully saturated rings. The number of halogens is 3. The highest BCUT2D eigenvalue weighted by molar-refractivity contribution is 9.11. The summed E-state index contributed by atoms with van der Waals surface area (Å²) < 4.78 is 41.0. The van der Waals surface area contributed by atoms with E-state index in [9.17, 15) is 12.8 Å². The predicted molar refractivity (Wildman–Crippen MR) is 87.2 cm³/mol. The van der Waals surface area contributed by atoms with Gasteiger partial charge in [0.25, 0.3) is 0 Å². The SMILES string of the molecule is CC(CNS(=O)(=O)c1c(Br)cc(F)cc1Br)N(C)C1CC1. The van der Waals surface area contributed by atoms with E-state index in [1.165, 1.54) is 12.8 Å². The second kappa shape index (κ2) is 6.62. The van der Waals surface area contributed by atoms with E-state index in [1.54, 1.807) is 0 Å². The van der Waals surface area contributed by atoms with E-state index < -0.39 is 15.8 Å². The van der Waals surface area contributed by atoms with Gasteiger partial charge in [-0.25, -0.2) is 17.5 Å². The van der Waals surface area contributed by atoms with Crippen LogP contribution >= 0.6 is 31.9 Å². The van der Waals surface area contributed by atoms with Crippen LogP contribution in [0.5, 0.6) is 0 Å². The molecule has 0 aliphatic heterocycles. The zero-order chi connectivity index (χ0) is 15.8. The van der Waals surface area contributed by atoms with Crippen LogP contribution in [-0.2, 0) is 10.0 Å². The molecule has 2 rings (SSSR count). The Kier molecular flexibility index (Phi) is 5.46. The van der Waals surface area contributed by atoms with Crippen LogP contribution in [0.3, 0.4) is 0 Å². The van der Waals surface area contributed by atoms with Crippen molar-refractivity contribution in [3.8, 4) is 0 Å². The summed E-state index contributed by atoms with van der Waals surface area (Å²) in [5.41, 5.74) is 0. The highest BCUT2D eigenvalue weighted by Crippen LogP contribution is 2.31. The quantitative estimate of drug-likeness (QED) is 0.734. The molecule has 118 valence electrons. The predicted octanol–water partition coefficient (Wildman–Crippen LogP) is 3.11. The molecule has 0 aromatic heterocycles. The fourth-order valence-corrected chi connectivity index (χ4v) is 5.72. The Morgan fingerprint density at radius 2 is 1.90 bits per heavy atom. The fourth-order valence-electron chi connectivity index (χ4n) is 2.07. The van der Waals surface area contributed by atoms with Crippen LogP contribution in [0.1, 0.15) is 19.8 Å². The number of nitrogens with one attached hydrogen (secondary N) is 1. The monoisotopic (exact) mass is 442 g/mol. The van der Waals surface area contributed by atoms with E-state index in [2.05, 4.69) is 41.5 Å². The zero-order valence-corrected chi connectivity index (χ0v) is 15.7. The molecule has 1 atom stereocenters. The van der Waals surface area contributed by atoms with Crippen LogP contribution in [0.25, 0.3) is 0 Å². The van der Waals surface area contributed by atoms with Crippen LogP contribution in [-0.4, -0.2) is 39.0 Å². The summed E-state index contributed by atoms with van der Waals surface area (Å²) in [7, 11) is -1.71. The Labute approximate surface area is 141 Å². The molecule has 1 aromatic rings. The molecule has 4 nitrogen and oxygen atoms in total. The summed E-state index contributed by atoms with van der Waals surface area (Å²) in [6.45, 7) is 2.29. The molecule has 0 bridgehead atoms. The molecule has 21 heavy (non-hydrogen) atoms. The first-order valence-electron chi connectivity index (χ1n) is 6.58. The van der Waals surface area contributed by atoms with Gasteiger partial charge in [0.1, 0.15) is 10.7 Å². The van der Waals surface area contributed by atoms with Crippen molar-refractivity contribution in [2.45, 2.75) is 36.7 Å². The third-order valence-corrected chi connectivity index (χ3v) is 6.92. The summed E-state index contributed by atoms with van der Waals surface area (Å²) in [4.78, 5) is 2.20. The summed E-state index contributed by atoms with van der Waals surface area (Å²) >= 11 is 6.21. The van der Waals surface area contributed by atoms with Gasteiger partial charge in [0.2, 0.25) is 10.0 Å². The third-order valence-electron chi connectivity index (χ3n) is 3.62. The van der Waals surface area contributed by atoms with Crippen LogP contribution in [0, 0.1) is 5.82 Å². The minimum Gasteiger partial charge on any atom is -0.299 e. The lowest BCUT2D eigenvalue weighted by Crippen LogP contribution is -2.41. The van der Waals surface area contributed by atoms with Gasteiger partial charge in [-0.1, -0.05) is 0 Å². The highest BCUT2D eigenvalue weighted by Gasteiger charge is 2.30. The van der Waals surface area contributed by atoms with Gasteiger partial charge in [0.15, 0.2) is 0 Å². The molecule has 0 saturated heterocycles. The average Bonchev–Trinajstić information content (AvgIpc) is 3.17. The standard InChI is InChI=1S/C13H17Br2FN2O2S/c1-8(18(2)10-3-4-10)7-17-21(19,20)13-11(14)5-9(16)6-12(13)15/h5-6,8,10,17H,3-4,7H2,1-2H3. The Morgan fingerprint density at radius 3 is 2.38 bits per heavy atom. The molecule has 0 radical (unpaired) electrons. The first-order chi connectivity index (χ1) is 9.72. The third kappa shape index (κ3) is 4.25.